The lowest BCUT2D eigenvalue weighted by atomic mass is 10.1. The third-order valence-corrected chi connectivity index (χ3v) is 2.20. The molecule has 0 saturated heterocycles. The molecule has 78 valence electrons. The van der Waals surface area contributed by atoms with Gasteiger partial charge in [0.1, 0.15) is 0 Å². The summed E-state index contributed by atoms with van der Waals surface area (Å²) in [5.41, 5.74) is 7.62. The van der Waals surface area contributed by atoms with E-state index < -0.39 is 5.91 Å². The number of primary amides is 1. The van der Waals surface area contributed by atoms with E-state index in [1.165, 1.54) is 6.20 Å². The van der Waals surface area contributed by atoms with Gasteiger partial charge in [-0.25, -0.2) is 0 Å². The first kappa shape index (κ1) is 11.5. The Bertz CT molecular complexity index is 511. The van der Waals surface area contributed by atoms with Gasteiger partial charge in [-0.1, -0.05) is 18.2 Å². The Kier molecular flexibility index (Phi) is 3.27. The van der Waals surface area contributed by atoms with Crippen LogP contribution in [0.3, 0.4) is 0 Å². The Hall–Kier alpha value is -1.61. The number of hydrogen-bond donors (Lipinski definition) is 1. The Morgan fingerprint density at radius 3 is 2.80 bits per heavy atom. The number of halogens is 1. The normalized spacial score (nSPS) is 9.67. The van der Waals surface area contributed by atoms with E-state index >= 15 is 0 Å². The summed E-state index contributed by atoms with van der Waals surface area (Å²) in [5, 5.41) is 0.946. The fourth-order valence-electron chi connectivity index (χ4n) is 1.45. The van der Waals surface area contributed by atoms with Crippen LogP contribution in [0.15, 0.2) is 30.5 Å². The van der Waals surface area contributed by atoms with E-state index in [2.05, 4.69) is 4.98 Å². The number of para-hydroxylation sites is 1. The summed E-state index contributed by atoms with van der Waals surface area (Å²) in [5.74, 6) is -0.444. The molecular weight excluding hydrogens is 212 g/mol. The lowest BCUT2D eigenvalue weighted by molar-refractivity contribution is 0.1000. The lowest BCUT2D eigenvalue weighted by Crippen LogP contribution is -2.11. The number of nitrogens with zero attached hydrogens (tertiary/aromatic N) is 1. The smallest absolute Gasteiger partial charge is 0.250 e. The Balaban J connectivity index is 0.00000112. The van der Waals surface area contributed by atoms with Crippen LogP contribution in [0.1, 0.15) is 15.9 Å². The predicted molar refractivity (Wildman–Crippen MR) is 62.2 cm³/mol. The molecule has 0 saturated carbocycles. The minimum atomic E-state index is -0.444. The molecule has 3 nitrogen and oxygen atoms in total. The van der Waals surface area contributed by atoms with Gasteiger partial charge in [0.25, 0.3) is 0 Å². The minimum absolute atomic E-state index is 0. The highest BCUT2D eigenvalue weighted by Gasteiger charge is 2.03. The predicted octanol–water partition coefficient (Wildman–Crippen LogP) is 2.06. The zero-order chi connectivity index (χ0) is 10.1. The number of benzene rings is 1. The second-order valence-corrected chi connectivity index (χ2v) is 3.23. The first-order valence-corrected chi connectivity index (χ1v) is 4.33. The quantitative estimate of drug-likeness (QED) is 0.803. The highest BCUT2D eigenvalue weighted by molar-refractivity contribution is 5.96. The SMILES string of the molecule is Cc1cccc2cc(C(N)=O)cnc12.Cl. The molecule has 0 radical (unpaired) electrons. The molecule has 2 aromatic rings. The van der Waals surface area contributed by atoms with Crippen LogP contribution in [-0.4, -0.2) is 10.9 Å². The number of fused-ring (bicyclic) bond motifs is 1. The van der Waals surface area contributed by atoms with Gasteiger partial charge in [-0.05, 0) is 18.6 Å². The number of carbonyl (C=O) groups is 1. The maximum absolute atomic E-state index is 10.9. The van der Waals surface area contributed by atoms with E-state index in [0.29, 0.717) is 5.56 Å². The highest BCUT2D eigenvalue weighted by Crippen LogP contribution is 2.16. The summed E-state index contributed by atoms with van der Waals surface area (Å²) in [6.07, 6.45) is 1.51. The molecule has 15 heavy (non-hydrogen) atoms. The number of hydrogen-bond acceptors (Lipinski definition) is 2. The number of amides is 1. The molecular formula is C11H11ClN2O. The highest BCUT2D eigenvalue weighted by atomic mass is 35.5. The monoisotopic (exact) mass is 222 g/mol. The molecule has 0 fully saturated rings. The van der Waals surface area contributed by atoms with Crippen LogP contribution in [0.25, 0.3) is 10.9 Å². The first-order valence-electron chi connectivity index (χ1n) is 4.33. The molecule has 0 bridgehead atoms. The van der Waals surface area contributed by atoms with Crippen LogP contribution in [0, 0.1) is 6.92 Å². The summed E-state index contributed by atoms with van der Waals surface area (Å²) in [4.78, 5) is 15.1. The zero-order valence-corrected chi connectivity index (χ0v) is 9.04. The minimum Gasteiger partial charge on any atom is -0.366 e. The average molecular weight is 223 g/mol. The third kappa shape index (κ3) is 2.07. The van der Waals surface area contributed by atoms with Crippen molar-refractivity contribution in [1.29, 1.82) is 0 Å². The molecule has 0 spiro atoms. The van der Waals surface area contributed by atoms with E-state index in [0.717, 1.165) is 16.5 Å². The Labute approximate surface area is 93.7 Å². The molecule has 0 aliphatic heterocycles. The number of aromatic nitrogens is 1. The van der Waals surface area contributed by atoms with Crippen molar-refractivity contribution in [1.82, 2.24) is 4.98 Å². The molecule has 0 aliphatic rings. The summed E-state index contributed by atoms with van der Waals surface area (Å²) in [7, 11) is 0. The van der Waals surface area contributed by atoms with Gasteiger partial charge in [-0.3, -0.25) is 9.78 Å². The standard InChI is InChI=1S/C11H10N2O.ClH/c1-7-3-2-4-8-5-9(11(12)14)6-13-10(7)8;/h2-6H,1H3,(H2,12,14);1H. The maximum atomic E-state index is 10.9. The van der Waals surface area contributed by atoms with Gasteiger partial charge in [0, 0.05) is 11.6 Å². The van der Waals surface area contributed by atoms with E-state index in [1.807, 2.05) is 25.1 Å². The molecule has 0 atom stereocenters. The summed E-state index contributed by atoms with van der Waals surface area (Å²) in [6, 6.07) is 7.60. The van der Waals surface area contributed by atoms with Gasteiger partial charge < -0.3 is 5.73 Å². The van der Waals surface area contributed by atoms with E-state index in [1.54, 1.807) is 6.07 Å². The molecule has 1 amide bonds. The fraction of sp³-hybridized carbons (Fsp3) is 0.0909. The second-order valence-electron chi connectivity index (χ2n) is 3.23. The molecule has 0 aliphatic carbocycles. The largest absolute Gasteiger partial charge is 0.366 e. The van der Waals surface area contributed by atoms with Gasteiger partial charge in [0.2, 0.25) is 5.91 Å². The number of carbonyl (C=O) groups excluding carboxylic acids is 1. The molecule has 4 heteroatoms. The Morgan fingerprint density at radius 1 is 1.40 bits per heavy atom. The second kappa shape index (κ2) is 4.28. The molecule has 0 unspecified atom stereocenters. The van der Waals surface area contributed by atoms with Crippen molar-refractivity contribution in [3.63, 3.8) is 0 Å². The van der Waals surface area contributed by atoms with Crippen LogP contribution in [-0.2, 0) is 0 Å². The zero-order valence-electron chi connectivity index (χ0n) is 8.23. The number of rotatable bonds is 1. The summed E-state index contributed by atoms with van der Waals surface area (Å²) in [6.45, 7) is 1.99. The fourth-order valence-corrected chi connectivity index (χ4v) is 1.45. The van der Waals surface area contributed by atoms with E-state index in [4.69, 9.17) is 5.73 Å². The van der Waals surface area contributed by atoms with Crippen LogP contribution in [0.4, 0.5) is 0 Å². The van der Waals surface area contributed by atoms with Crippen molar-refractivity contribution < 1.29 is 4.79 Å². The van der Waals surface area contributed by atoms with Crippen LogP contribution in [0.2, 0.25) is 0 Å². The van der Waals surface area contributed by atoms with Crippen molar-refractivity contribution in [2.75, 3.05) is 0 Å². The lowest BCUT2D eigenvalue weighted by Gasteiger charge is -2.01. The third-order valence-electron chi connectivity index (χ3n) is 2.20. The van der Waals surface area contributed by atoms with Crippen molar-refractivity contribution >= 4 is 29.2 Å². The molecule has 2 N–H and O–H groups in total. The molecule has 2 rings (SSSR count). The number of nitrogens with two attached hydrogens (primary N) is 1. The van der Waals surface area contributed by atoms with Crippen LogP contribution < -0.4 is 5.73 Å². The van der Waals surface area contributed by atoms with Gasteiger partial charge in [-0.15, -0.1) is 12.4 Å². The molecule has 1 aromatic carbocycles. The Morgan fingerprint density at radius 2 is 2.13 bits per heavy atom. The van der Waals surface area contributed by atoms with Crippen molar-refractivity contribution in [2.45, 2.75) is 6.92 Å². The maximum Gasteiger partial charge on any atom is 0.250 e. The van der Waals surface area contributed by atoms with Crippen molar-refractivity contribution in [2.24, 2.45) is 5.73 Å². The first-order chi connectivity index (χ1) is 6.68. The van der Waals surface area contributed by atoms with E-state index in [9.17, 15) is 4.79 Å². The summed E-state index contributed by atoms with van der Waals surface area (Å²) < 4.78 is 0. The van der Waals surface area contributed by atoms with Gasteiger partial charge in [0.15, 0.2) is 0 Å². The van der Waals surface area contributed by atoms with E-state index in [-0.39, 0.29) is 12.4 Å². The number of aryl methyl sites for hydroxylation is 1. The van der Waals surface area contributed by atoms with Crippen LogP contribution in [0.5, 0.6) is 0 Å². The number of pyridine rings is 1. The van der Waals surface area contributed by atoms with Gasteiger partial charge >= 0.3 is 0 Å². The van der Waals surface area contributed by atoms with Crippen molar-refractivity contribution in [3.8, 4) is 0 Å². The summed E-state index contributed by atoms with van der Waals surface area (Å²) >= 11 is 0. The topological polar surface area (TPSA) is 56.0 Å². The van der Waals surface area contributed by atoms with Crippen LogP contribution >= 0.6 is 12.4 Å². The van der Waals surface area contributed by atoms with Gasteiger partial charge in [-0.2, -0.15) is 0 Å². The van der Waals surface area contributed by atoms with Gasteiger partial charge in [0.05, 0.1) is 11.1 Å². The average Bonchev–Trinajstić information content (AvgIpc) is 2.17. The molecule has 1 heterocycles. The van der Waals surface area contributed by atoms with Crippen molar-refractivity contribution in [3.05, 3.63) is 41.6 Å². The molecule has 1 aromatic heterocycles.